The number of rotatable bonds is 12. The normalized spacial score (nSPS) is 15.7. The zero-order chi connectivity index (χ0) is 31.0. The first kappa shape index (κ1) is 31.8. The van der Waals surface area contributed by atoms with Gasteiger partial charge < -0.3 is 16.0 Å². The fourth-order valence-corrected chi connectivity index (χ4v) is 5.22. The van der Waals surface area contributed by atoms with E-state index in [4.69, 9.17) is 0 Å². The van der Waals surface area contributed by atoms with Crippen molar-refractivity contribution < 1.29 is 19.3 Å². The molecule has 0 radical (unpaired) electrons. The van der Waals surface area contributed by atoms with E-state index in [1.807, 2.05) is 42.5 Å². The Morgan fingerprint density at radius 3 is 2.35 bits per heavy atom. The van der Waals surface area contributed by atoms with Gasteiger partial charge in [-0.25, -0.2) is 0 Å². The van der Waals surface area contributed by atoms with Crippen LogP contribution in [0.4, 0.5) is 5.69 Å². The first-order chi connectivity index (χ1) is 20.5. The number of nitro groups is 1. The molecule has 4 rings (SSSR count). The van der Waals surface area contributed by atoms with E-state index >= 15 is 0 Å². The minimum atomic E-state index is -1.00. The molecule has 1 aliphatic rings. The van der Waals surface area contributed by atoms with Gasteiger partial charge in [0.15, 0.2) is 0 Å². The van der Waals surface area contributed by atoms with Gasteiger partial charge in [0.1, 0.15) is 6.04 Å². The van der Waals surface area contributed by atoms with E-state index in [9.17, 15) is 24.5 Å². The number of imide groups is 1. The van der Waals surface area contributed by atoms with E-state index in [0.717, 1.165) is 28.3 Å². The van der Waals surface area contributed by atoms with Crippen molar-refractivity contribution in [3.05, 3.63) is 88.0 Å². The average Bonchev–Trinajstić information content (AvgIpc) is 3.53. The summed E-state index contributed by atoms with van der Waals surface area (Å²) in [6.45, 7) is 7.48. The van der Waals surface area contributed by atoms with Crippen LogP contribution in [0.15, 0.2) is 66.7 Å². The number of nitrogens with zero attached hydrogens (tertiary/aromatic N) is 2. The van der Waals surface area contributed by atoms with Gasteiger partial charge in [-0.3, -0.25) is 29.4 Å². The van der Waals surface area contributed by atoms with Crippen LogP contribution >= 0.6 is 0 Å². The number of nitro benzene ring substituents is 1. The molecule has 3 amide bonds. The lowest BCUT2D eigenvalue weighted by Gasteiger charge is -2.35. The molecule has 1 saturated heterocycles. The third kappa shape index (κ3) is 8.46. The summed E-state index contributed by atoms with van der Waals surface area (Å²) < 4.78 is 0. The van der Waals surface area contributed by atoms with Crippen LogP contribution in [0.3, 0.4) is 0 Å². The number of fused-ring (bicyclic) bond motifs is 1. The minimum absolute atomic E-state index is 0.0471. The summed E-state index contributed by atoms with van der Waals surface area (Å²) in [5.74, 6) is -1.10. The topological polar surface area (TPSA) is 134 Å². The maximum absolute atomic E-state index is 13.8. The Balaban J connectivity index is 1.47. The van der Waals surface area contributed by atoms with Crippen LogP contribution in [-0.4, -0.2) is 59.3 Å². The van der Waals surface area contributed by atoms with Crippen molar-refractivity contribution in [1.29, 1.82) is 0 Å². The number of amides is 3. The minimum Gasteiger partial charge on any atom is -0.354 e. The summed E-state index contributed by atoms with van der Waals surface area (Å²) in [6, 6.07) is 18.8. The summed E-state index contributed by atoms with van der Waals surface area (Å²) in [4.78, 5) is 53.0. The lowest BCUT2D eigenvalue weighted by molar-refractivity contribution is -0.384. The third-order valence-electron chi connectivity index (χ3n) is 7.62. The maximum Gasteiger partial charge on any atom is 0.269 e. The molecule has 3 aromatic rings. The van der Waals surface area contributed by atoms with Crippen LogP contribution in [0.2, 0.25) is 0 Å². The first-order valence-corrected chi connectivity index (χ1v) is 14.8. The standard InChI is InChI=1S/C33H41N5O5/c1-33(2,3)32(41)37(31(40)28-10-6-18-35-28)29(21-24-11-14-25-8-4-5-9-26(25)20-24)30(39)36-19-7-17-34-22-23-12-15-27(16-13-23)38(42)43/h4-5,8-9,11-16,20,28-29,34-35H,6-7,10,17-19,21-22H2,1-3H3,(H,36,39)/t28-,29+/m0/s1. The number of benzene rings is 3. The van der Waals surface area contributed by atoms with Crippen LogP contribution < -0.4 is 16.0 Å². The molecule has 3 aromatic carbocycles. The lowest BCUT2D eigenvalue weighted by Crippen LogP contribution is -2.59. The third-order valence-corrected chi connectivity index (χ3v) is 7.62. The number of nitrogens with one attached hydrogen (secondary N) is 3. The molecule has 2 atom stereocenters. The van der Waals surface area contributed by atoms with Crippen LogP contribution in [0.5, 0.6) is 0 Å². The zero-order valence-corrected chi connectivity index (χ0v) is 25.1. The first-order valence-electron chi connectivity index (χ1n) is 14.8. The number of carbonyl (C=O) groups is 3. The molecule has 1 fully saturated rings. The number of carbonyl (C=O) groups excluding carboxylic acids is 3. The highest BCUT2D eigenvalue weighted by molar-refractivity contribution is 6.04. The van der Waals surface area contributed by atoms with E-state index in [1.54, 1.807) is 32.9 Å². The van der Waals surface area contributed by atoms with E-state index in [-0.39, 0.29) is 29.8 Å². The SMILES string of the molecule is CC(C)(C)C(=O)N(C(=O)[C@@H]1CCCN1)[C@H](Cc1ccc2ccccc2c1)C(=O)NCCCNCc1ccc([N+](=O)[O-])cc1. The highest BCUT2D eigenvalue weighted by Gasteiger charge is 2.42. The fourth-order valence-electron chi connectivity index (χ4n) is 5.22. The smallest absolute Gasteiger partial charge is 0.269 e. The maximum atomic E-state index is 13.8. The van der Waals surface area contributed by atoms with Crippen molar-refractivity contribution in [3.8, 4) is 0 Å². The van der Waals surface area contributed by atoms with Crippen molar-refractivity contribution in [2.75, 3.05) is 19.6 Å². The molecule has 1 heterocycles. The largest absolute Gasteiger partial charge is 0.354 e. The molecule has 0 aliphatic carbocycles. The van der Waals surface area contributed by atoms with Crippen molar-refractivity contribution >= 4 is 34.2 Å². The number of hydrogen-bond donors (Lipinski definition) is 3. The summed E-state index contributed by atoms with van der Waals surface area (Å²) in [5.41, 5.74) is 0.965. The van der Waals surface area contributed by atoms with Crippen molar-refractivity contribution in [2.45, 2.75) is 65.1 Å². The Kier molecular flexibility index (Phi) is 10.6. The molecular weight excluding hydrogens is 546 g/mol. The van der Waals surface area contributed by atoms with E-state index in [2.05, 4.69) is 16.0 Å². The van der Waals surface area contributed by atoms with Gasteiger partial charge in [0.25, 0.3) is 5.69 Å². The highest BCUT2D eigenvalue weighted by Crippen LogP contribution is 2.25. The Morgan fingerprint density at radius 2 is 1.70 bits per heavy atom. The molecule has 1 aliphatic heterocycles. The van der Waals surface area contributed by atoms with Crippen LogP contribution in [0.1, 0.15) is 51.2 Å². The van der Waals surface area contributed by atoms with Gasteiger partial charge in [-0.1, -0.05) is 75.4 Å². The highest BCUT2D eigenvalue weighted by atomic mass is 16.6. The molecule has 0 spiro atoms. The molecule has 0 aromatic heterocycles. The Bertz CT molecular complexity index is 1440. The quantitative estimate of drug-likeness (QED) is 0.165. The van der Waals surface area contributed by atoms with Crippen molar-refractivity contribution in [1.82, 2.24) is 20.9 Å². The van der Waals surface area contributed by atoms with Crippen LogP contribution in [0, 0.1) is 15.5 Å². The summed E-state index contributed by atoms with van der Waals surface area (Å²) in [5, 5.41) is 22.4. The predicted molar refractivity (Wildman–Crippen MR) is 166 cm³/mol. The van der Waals surface area contributed by atoms with E-state index in [0.29, 0.717) is 39.0 Å². The Labute approximate surface area is 252 Å². The van der Waals surface area contributed by atoms with Crippen molar-refractivity contribution in [2.24, 2.45) is 5.41 Å². The second kappa shape index (κ2) is 14.3. The molecule has 3 N–H and O–H groups in total. The van der Waals surface area contributed by atoms with Crippen LogP contribution in [0.25, 0.3) is 10.8 Å². The molecule has 228 valence electrons. The second-order valence-electron chi connectivity index (χ2n) is 12.1. The zero-order valence-electron chi connectivity index (χ0n) is 25.1. The van der Waals surface area contributed by atoms with Gasteiger partial charge >= 0.3 is 0 Å². The molecule has 43 heavy (non-hydrogen) atoms. The van der Waals surface area contributed by atoms with Gasteiger partial charge in [-0.2, -0.15) is 0 Å². The Morgan fingerprint density at radius 1 is 1.00 bits per heavy atom. The summed E-state index contributed by atoms with van der Waals surface area (Å²) >= 11 is 0. The molecular formula is C33H41N5O5. The molecule has 0 bridgehead atoms. The van der Waals surface area contributed by atoms with Gasteiger partial charge in [0.2, 0.25) is 17.7 Å². The van der Waals surface area contributed by atoms with E-state index < -0.39 is 22.4 Å². The average molecular weight is 588 g/mol. The Hall–Kier alpha value is -4.15. The van der Waals surface area contributed by atoms with Crippen molar-refractivity contribution in [3.63, 3.8) is 0 Å². The molecule has 0 unspecified atom stereocenters. The van der Waals surface area contributed by atoms with Gasteiger partial charge in [-0.05, 0) is 54.3 Å². The lowest BCUT2D eigenvalue weighted by atomic mass is 9.91. The molecule has 10 heteroatoms. The fraction of sp³-hybridized carbons (Fsp3) is 0.424. The molecule has 10 nitrogen and oxygen atoms in total. The van der Waals surface area contributed by atoms with Gasteiger partial charge in [0.05, 0.1) is 11.0 Å². The summed E-state index contributed by atoms with van der Waals surface area (Å²) in [6.07, 6.45) is 2.28. The molecule has 0 saturated carbocycles. The monoisotopic (exact) mass is 587 g/mol. The summed E-state index contributed by atoms with van der Waals surface area (Å²) in [7, 11) is 0. The van der Waals surface area contributed by atoms with E-state index in [1.165, 1.54) is 17.0 Å². The number of non-ortho nitro benzene ring substituents is 1. The second-order valence-corrected chi connectivity index (χ2v) is 12.1. The van der Waals surface area contributed by atoms with Gasteiger partial charge in [-0.15, -0.1) is 0 Å². The van der Waals surface area contributed by atoms with Crippen LogP contribution in [-0.2, 0) is 27.3 Å². The van der Waals surface area contributed by atoms with Gasteiger partial charge in [0, 0.05) is 37.1 Å². The number of hydrogen-bond acceptors (Lipinski definition) is 7. The predicted octanol–water partition coefficient (Wildman–Crippen LogP) is 4.11.